The molecule has 0 atom stereocenters. The first-order valence-electron chi connectivity index (χ1n) is 7.70. The number of hydrazone groups is 1. The summed E-state index contributed by atoms with van der Waals surface area (Å²) >= 11 is 0. The average Bonchev–Trinajstić information content (AvgIpc) is 2.88. The van der Waals surface area contributed by atoms with Crippen LogP contribution in [0.2, 0.25) is 0 Å². The molecule has 0 unspecified atom stereocenters. The molecule has 0 fully saturated rings. The van der Waals surface area contributed by atoms with E-state index in [9.17, 15) is 13.2 Å². The minimum atomic E-state index is -3.83. The topological polar surface area (TPSA) is 75.6 Å². The van der Waals surface area contributed by atoms with Gasteiger partial charge in [0.05, 0.1) is 4.90 Å². The van der Waals surface area contributed by atoms with Gasteiger partial charge in [-0.3, -0.25) is 4.79 Å². The van der Waals surface area contributed by atoms with Gasteiger partial charge < -0.3 is 0 Å². The zero-order valence-electron chi connectivity index (χ0n) is 13.4. The van der Waals surface area contributed by atoms with Crippen molar-refractivity contribution in [3.05, 3.63) is 77.4 Å². The largest absolute Gasteiger partial charge is 0.287 e. The number of aryl methyl sites for hydroxylation is 1. The van der Waals surface area contributed by atoms with E-state index in [4.69, 9.17) is 0 Å². The molecule has 6 heteroatoms. The molecule has 0 amide bonds. The second-order valence-electron chi connectivity index (χ2n) is 5.91. The quantitative estimate of drug-likeness (QED) is 0.738. The number of nitrogens with zero attached hydrogens (tertiary/aromatic N) is 1. The summed E-state index contributed by atoms with van der Waals surface area (Å²) in [6.07, 6.45) is 0. The normalized spacial score (nSPS) is 15.1. The lowest BCUT2D eigenvalue weighted by Crippen LogP contribution is -2.22. The van der Waals surface area contributed by atoms with Crippen LogP contribution < -0.4 is 4.83 Å². The molecular formula is C19H14N2O3S. The number of carbonyl (C=O) groups is 1. The number of Topliss-reactive ketones (excluding diaryl/α,β-unsaturated/α-hetero) is 1. The zero-order chi connectivity index (χ0) is 17.6. The lowest BCUT2D eigenvalue weighted by molar-refractivity contribution is 0.107. The van der Waals surface area contributed by atoms with Gasteiger partial charge in [-0.2, -0.15) is 18.4 Å². The number of benzene rings is 3. The number of rotatable bonds is 3. The molecular weight excluding hydrogens is 336 g/mol. The van der Waals surface area contributed by atoms with Crippen molar-refractivity contribution in [3.8, 4) is 0 Å². The van der Waals surface area contributed by atoms with Crippen LogP contribution in [0, 0.1) is 6.92 Å². The summed E-state index contributed by atoms with van der Waals surface area (Å²) < 4.78 is 24.8. The van der Waals surface area contributed by atoms with Gasteiger partial charge in [0.25, 0.3) is 10.0 Å². The Kier molecular flexibility index (Phi) is 3.43. The van der Waals surface area contributed by atoms with E-state index in [1.807, 2.05) is 25.1 Å². The van der Waals surface area contributed by atoms with Gasteiger partial charge in [0.1, 0.15) is 5.71 Å². The molecule has 0 saturated carbocycles. The van der Waals surface area contributed by atoms with E-state index >= 15 is 0 Å². The molecule has 0 aliphatic heterocycles. The van der Waals surface area contributed by atoms with Crippen molar-refractivity contribution >= 4 is 32.3 Å². The second kappa shape index (κ2) is 5.53. The van der Waals surface area contributed by atoms with Gasteiger partial charge in [-0.05, 0) is 24.4 Å². The Hall–Kier alpha value is -2.99. The molecule has 1 aliphatic carbocycles. The monoisotopic (exact) mass is 350 g/mol. The zero-order valence-corrected chi connectivity index (χ0v) is 14.2. The minimum absolute atomic E-state index is 0.101. The van der Waals surface area contributed by atoms with Crippen LogP contribution in [0.4, 0.5) is 0 Å². The standard InChI is InChI=1S/C19H14N2O3S/c1-12-8-10-14(11-9-12)25(23,24)21-20-18-15-6-2-4-13-5-3-7-16(17(13)15)19(18)22/h2-11,21H,1H3/b20-18+. The molecule has 5 nitrogen and oxygen atoms in total. The van der Waals surface area contributed by atoms with Crippen LogP contribution in [-0.2, 0) is 10.0 Å². The lowest BCUT2D eigenvalue weighted by atomic mass is 10.1. The third-order valence-corrected chi connectivity index (χ3v) is 5.45. The molecule has 0 bridgehead atoms. The first kappa shape index (κ1) is 15.5. The van der Waals surface area contributed by atoms with E-state index in [1.165, 1.54) is 12.1 Å². The molecule has 25 heavy (non-hydrogen) atoms. The predicted molar refractivity (Wildman–Crippen MR) is 96.3 cm³/mol. The summed E-state index contributed by atoms with van der Waals surface area (Å²) in [6, 6.07) is 17.4. The molecule has 3 aromatic carbocycles. The number of nitrogens with one attached hydrogen (secondary N) is 1. The van der Waals surface area contributed by atoms with Crippen LogP contribution in [0.5, 0.6) is 0 Å². The fraction of sp³-hybridized carbons (Fsp3) is 0.0526. The smallest absolute Gasteiger partial charge is 0.276 e. The van der Waals surface area contributed by atoms with E-state index in [2.05, 4.69) is 9.93 Å². The fourth-order valence-electron chi connectivity index (χ4n) is 2.96. The van der Waals surface area contributed by atoms with E-state index < -0.39 is 10.0 Å². The highest BCUT2D eigenvalue weighted by Crippen LogP contribution is 2.30. The van der Waals surface area contributed by atoms with Crippen LogP contribution in [-0.4, -0.2) is 19.9 Å². The highest BCUT2D eigenvalue weighted by Gasteiger charge is 2.29. The SMILES string of the molecule is Cc1ccc(S(=O)(=O)N/N=C2/C(=O)c3cccc4cccc2c34)cc1. The van der Waals surface area contributed by atoms with Gasteiger partial charge in [-0.1, -0.05) is 54.1 Å². The third kappa shape index (κ3) is 2.51. The molecule has 0 aromatic heterocycles. The Bertz CT molecular complexity index is 1140. The van der Waals surface area contributed by atoms with Crippen molar-refractivity contribution in [1.29, 1.82) is 0 Å². The number of hydrogen-bond acceptors (Lipinski definition) is 4. The van der Waals surface area contributed by atoms with Crippen molar-refractivity contribution in [2.75, 3.05) is 0 Å². The molecule has 0 heterocycles. The Labute approximate surface area is 145 Å². The lowest BCUT2D eigenvalue weighted by Gasteiger charge is -2.05. The predicted octanol–water partition coefficient (Wildman–Crippen LogP) is 3.03. The van der Waals surface area contributed by atoms with Crippen LogP contribution >= 0.6 is 0 Å². The van der Waals surface area contributed by atoms with E-state index in [0.29, 0.717) is 11.1 Å². The number of sulfonamides is 1. The van der Waals surface area contributed by atoms with Gasteiger partial charge in [-0.25, -0.2) is 0 Å². The molecule has 124 valence electrons. The molecule has 0 radical (unpaired) electrons. The van der Waals surface area contributed by atoms with E-state index in [-0.39, 0.29) is 16.4 Å². The third-order valence-electron chi connectivity index (χ3n) is 4.23. The van der Waals surface area contributed by atoms with Crippen LogP contribution in [0.25, 0.3) is 10.8 Å². The summed E-state index contributed by atoms with van der Waals surface area (Å²) in [5.74, 6) is -0.279. The van der Waals surface area contributed by atoms with Crippen LogP contribution in [0.3, 0.4) is 0 Å². The number of carbonyl (C=O) groups excluding carboxylic acids is 1. The highest BCUT2D eigenvalue weighted by molar-refractivity contribution is 7.89. The Morgan fingerprint density at radius 2 is 1.52 bits per heavy atom. The maximum atomic E-state index is 12.6. The van der Waals surface area contributed by atoms with Gasteiger partial charge in [-0.15, -0.1) is 0 Å². The van der Waals surface area contributed by atoms with E-state index in [0.717, 1.165) is 16.3 Å². The van der Waals surface area contributed by atoms with E-state index in [1.54, 1.807) is 30.3 Å². The van der Waals surface area contributed by atoms with Crippen molar-refractivity contribution in [1.82, 2.24) is 4.83 Å². The first-order chi connectivity index (χ1) is 12.0. The van der Waals surface area contributed by atoms with Crippen molar-refractivity contribution in [3.63, 3.8) is 0 Å². The highest BCUT2D eigenvalue weighted by atomic mass is 32.2. The maximum absolute atomic E-state index is 12.6. The maximum Gasteiger partial charge on any atom is 0.276 e. The van der Waals surface area contributed by atoms with Crippen molar-refractivity contribution in [2.24, 2.45) is 5.10 Å². The fourth-order valence-corrected chi connectivity index (χ4v) is 3.78. The number of hydrogen-bond donors (Lipinski definition) is 1. The Morgan fingerprint density at radius 1 is 0.880 bits per heavy atom. The Balaban J connectivity index is 1.75. The Morgan fingerprint density at radius 3 is 2.20 bits per heavy atom. The summed E-state index contributed by atoms with van der Waals surface area (Å²) in [6.45, 7) is 1.87. The van der Waals surface area contributed by atoms with Gasteiger partial charge in [0.15, 0.2) is 0 Å². The number of ketones is 1. The first-order valence-corrected chi connectivity index (χ1v) is 9.19. The van der Waals surface area contributed by atoms with Crippen molar-refractivity contribution < 1.29 is 13.2 Å². The van der Waals surface area contributed by atoms with Crippen LogP contribution in [0.1, 0.15) is 21.5 Å². The van der Waals surface area contributed by atoms with Crippen LogP contribution in [0.15, 0.2) is 70.7 Å². The summed E-state index contributed by atoms with van der Waals surface area (Å²) in [5, 5.41) is 5.68. The molecule has 4 rings (SSSR count). The summed E-state index contributed by atoms with van der Waals surface area (Å²) in [7, 11) is -3.83. The molecule has 0 spiro atoms. The van der Waals surface area contributed by atoms with Gasteiger partial charge >= 0.3 is 0 Å². The van der Waals surface area contributed by atoms with Crippen molar-refractivity contribution in [2.45, 2.75) is 11.8 Å². The molecule has 1 N–H and O–H groups in total. The summed E-state index contributed by atoms with van der Waals surface area (Å²) in [4.78, 5) is 14.9. The van der Waals surface area contributed by atoms with Gasteiger partial charge in [0, 0.05) is 16.5 Å². The molecule has 3 aromatic rings. The molecule has 1 aliphatic rings. The average molecular weight is 350 g/mol. The summed E-state index contributed by atoms with van der Waals surface area (Å²) in [5.41, 5.74) is 2.26. The molecule has 0 saturated heterocycles. The minimum Gasteiger partial charge on any atom is -0.287 e. The van der Waals surface area contributed by atoms with Gasteiger partial charge in [0.2, 0.25) is 5.78 Å². The second-order valence-corrected chi connectivity index (χ2v) is 7.57.